The normalized spacial score (nSPS) is 12.7. The van der Waals surface area contributed by atoms with Crippen LogP contribution in [-0.2, 0) is 6.42 Å². The molecule has 0 bridgehead atoms. The average molecular weight is 285 g/mol. The second-order valence-electron chi connectivity index (χ2n) is 4.22. The number of nitrogens with one attached hydrogen (secondary N) is 1. The molecule has 0 fully saturated rings. The third-order valence-electron chi connectivity index (χ3n) is 2.75. The van der Waals surface area contributed by atoms with Gasteiger partial charge in [0.2, 0.25) is 0 Å². The van der Waals surface area contributed by atoms with Crippen molar-refractivity contribution in [2.24, 2.45) is 11.7 Å². The zero-order chi connectivity index (χ0) is 11.8. The molecule has 1 atom stereocenters. The number of rotatable bonds is 7. The third-order valence-corrected chi connectivity index (χ3v) is 3.52. The number of benzene rings is 1. The van der Waals surface area contributed by atoms with Crippen LogP contribution in [0.2, 0.25) is 0 Å². The molecule has 0 amide bonds. The molecule has 90 valence electrons. The highest BCUT2D eigenvalue weighted by atomic mass is 79.9. The smallest absolute Gasteiger partial charge is 0.0207 e. The molecule has 3 heteroatoms. The number of hydrogen-bond acceptors (Lipinski definition) is 2. The Kier molecular flexibility index (Phi) is 6.69. The maximum Gasteiger partial charge on any atom is 0.0207 e. The van der Waals surface area contributed by atoms with Crippen molar-refractivity contribution < 1.29 is 0 Å². The summed E-state index contributed by atoms with van der Waals surface area (Å²) in [5, 5.41) is 3.45. The predicted octanol–water partition coefficient (Wildman–Crippen LogP) is 2.57. The first-order valence-electron chi connectivity index (χ1n) is 5.88. The Balaban J connectivity index is 2.14. The van der Waals surface area contributed by atoms with Crippen molar-refractivity contribution in [1.29, 1.82) is 0 Å². The molecule has 1 rings (SSSR count). The molecule has 0 aliphatic rings. The Morgan fingerprint density at radius 1 is 1.31 bits per heavy atom. The standard InChI is InChI=1S/C13H21BrN2/c1-11(10-15)6-8-16-9-7-12-4-2-3-5-13(12)14/h2-5,11,16H,6-10,15H2,1H3. The van der Waals surface area contributed by atoms with Crippen LogP contribution in [-0.4, -0.2) is 19.6 Å². The molecule has 1 aromatic rings. The first-order chi connectivity index (χ1) is 7.74. The summed E-state index contributed by atoms with van der Waals surface area (Å²) in [6.45, 7) is 5.06. The zero-order valence-electron chi connectivity index (χ0n) is 9.88. The summed E-state index contributed by atoms with van der Waals surface area (Å²) < 4.78 is 1.20. The minimum absolute atomic E-state index is 0.621. The maximum atomic E-state index is 5.56. The number of hydrogen-bond donors (Lipinski definition) is 2. The number of nitrogens with two attached hydrogens (primary N) is 1. The Hall–Kier alpha value is -0.380. The van der Waals surface area contributed by atoms with E-state index in [-0.39, 0.29) is 0 Å². The molecule has 0 spiro atoms. The SMILES string of the molecule is CC(CN)CCNCCc1ccccc1Br. The molecule has 0 aromatic heterocycles. The third kappa shape index (κ3) is 5.10. The Bertz CT molecular complexity index is 302. The second-order valence-corrected chi connectivity index (χ2v) is 5.08. The summed E-state index contributed by atoms with van der Waals surface area (Å²) in [6, 6.07) is 8.38. The molecular weight excluding hydrogens is 264 g/mol. The van der Waals surface area contributed by atoms with Crippen LogP contribution in [0.5, 0.6) is 0 Å². The van der Waals surface area contributed by atoms with E-state index in [4.69, 9.17) is 5.73 Å². The second kappa shape index (κ2) is 7.82. The van der Waals surface area contributed by atoms with Crippen LogP contribution in [0.1, 0.15) is 18.9 Å². The van der Waals surface area contributed by atoms with Crippen LogP contribution in [0.3, 0.4) is 0 Å². The van der Waals surface area contributed by atoms with Gasteiger partial charge in [0.05, 0.1) is 0 Å². The molecule has 0 aliphatic carbocycles. The lowest BCUT2D eigenvalue weighted by atomic mass is 10.1. The summed E-state index contributed by atoms with van der Waals surface area (Å²) >= 11 is 3.56. The fourth-order valence-electron chi connectivity index (χ4n) is 1.52. The Morgan fingerprint density at radius 2 is 2.06 bits per heavy atom. The molecule has 0 radical (unpaired) electrons. The number of halogens is 1. The molecular formula is C13H21BrN2. The van der Waals surface area contributed by atoms with Crippen molar-refractivity contribution in [2.45, 2.75) is 19.8 Å². The van der Waals surface area contributed by atoms with E-state index >= 15 is 0 Å². The van der Waals surface area contributed by atoms with E-state index in [2.05, 4.69) is 46.4 Å². The average Bonchev–Trinajstić information content (AvgIpc) is 2.30. The van der Waals surface area contributed by atoms with Crippen LogP contribution < -0.4 is 11.1 Å². The van der Waals surface area contributed by atoms with E-state index < -0.39 is 0 Å². The van der Waals surface area contributed by atoms with E-state index in [1.165, 1.54) is 10.0 Å². The van der Waals surface area contributed by atoms with Crippen molar-refractivity contribution in [1.82, 2.24) is 5.32 Å². The minimum Gasteiger partial charge on any atom is -0.330 e. The van der Waals surface area contributed by atoms with Gasteiger partial charge in [-0.2, -0.15) is 0 Å². The largest absolute Gasteiger partial charge is 0.330 e. The van der Waals surface area contributed by atoms with Crippen molar-refractivity contribution in [3.8, 4) is 0 Å². The van der Waals surface area contributed by atoms with Crippen LogP contribution in [0, 0.1) is 5.92 Å². The molecule has 1 unspecified atom stereocenters. The van der Waals surface area contributed by atoms with E-state index in [1.807, 2.05) is 6.07 Å². The highest BCUT2D eigenvalue weighted by Crippen LogP contribution is 2.15. The highest BCUT2D eigenvalue weighted by Gasteiger charge is 1.99. The van der Waals surface area contributed by atoms with Gasteiger partial charge in [0, 0.05) is 4.47 Å². The Morgan fingerprint density at radius 3 is 2.75 bits per heavy atom. The molecule has 0 saturated carbocycles. The maximum absolute atomic E-state index is 5.56. The predicted molar refractivity (Wildman–Crippen MR) is 73.6 cm³/mol. The van der Waals surface area contributed by atoms with Crippen molar-refractivity contribution >= 4 is 15.9 Å². The van der Waals surface area contributed by atoms with E-state index in [0.29, 0.717) is 5.92 Å². The van der Waals surface area contributed by atoms with Gasteiger partial charge < -0.3 is 11.1 Å². The first-order valence-corrected chi connectivity index (χ1v) is 6.67. The van der Waals surface area contributed by atoms with Crippen molar-refractivity contribution in [3.63, 3.8) is 0 Å². The van der Waals surface area contributed by atoms with Crippen LogP contribution in [0.15, 0.2) is 28.7 Å². The fourth-order valence-corrected chi connectivity index (χ4v) is 2.00. The van der Waals surface area contributed by atoms with Crippen LogP contribution in [0.4, 0.5) is 0 Å². The lowest BCUT2D eigenvalue weighted by Gasteiger charge is -2.09. The first kappa shape index (κ1) is 13.7. The van der Waals surface area contributed by atoms with E-state index in [0.717, 1.165) is 32.5 Å². The van der Waals surface area contributed by atoms with Gasteiger partial charge in [0.15, 0.2) is 0 Å². The van der Waals surface area contributed by atoms with Gasteiger partial charge in [0.25, 0.3) is 0 Å². The van der Waals surface area contributed by atoms with Gasteiger partial charge in [-0.15, -0.1) is 0 Å². The summed E-state index contributed by atoms with van der Waals surface area (Å²) in [6.07, 6.45) is 2.23. The van der Waals surface area contributed by atoms with Crippen LogP contribution in [0.25, 0.3) is 0 Å². The van der Waals surface area contributed by atoms with Gasteiger partial charge >= 0.3 is 0 Å². The fraction of sp³-hybridized carbons (Fsp3) is 0.538. The molecule has 0 saturated heterocycles. The molecule has 16 heavy (non-hydrogen) atoms. The van der Waals surface area contributed by atoms with Gasteiger partial charge in [-0.05, 0) is 50.0 Å². The van der Waals surface area contributed by atoms with E-state index in [9.17, 15) is 0 Å². The van der Waals surface area contributed by atoms with Crippen LogP contribution >= 0.6 is 15.9 Å². The highest BCUT2D eigenvalue weighted by molar-refractivity contribution is 9.10. The molecule has 0 aliphatic heterocycles. The minimum atomic E-state index is 0.621. The monoisotopic (exact) mass is 284 g/mol. The summed E-state index contributed by atoms with van der Waals surface area (Å²) in [5.74, 6) is 0.621. The van der Waals surface area contributed by atoms with Gasteiger partial charge in [-0.3, -0.25) is 0 Å². The van der Waals surface area contributed by atoms with Gasteiger partial charge in [-0.25, -0.2) is 0 Å². The van der Waals surface area contributed by atoms with E-state index in [1.54, 1.807) is 0 Å². The van der Waals surface area contributed by atoms with Gasteiger partial charge in [-0.1, -0.05) is 41.1 Å². The summed E-state index contributed by atoms with van der Waals surface area (Å²) in [4.78, 5) is 0. The summed E-state index contributed by atoms with van der Waals surface area (Å²) in [7, 11) is 0. The zero-order valence-corrected chi connectivity index (χ0v) is 11.5. The van der Waals surface area contributed by atoms with Gasteiger partial charge in [0.1, 0.15) is 0 Å². The molecule has 1 aromatic carbocycles. The Labute approximate surface area is 107 Å². The van der Waals surface area contributed by atoms with Crippen molar-refractivity contribution in [2.75, 3.05) is 19.6 Å². The topological polar surface area (TPSA) is 38.0 Å². The molecule has 3 N–H and O–H groups in total. The molecule has 2 nitrogen and oxygen atoms in total. The molecule has 0 heterocycles. The van der Waals surface area contributed by atoms with Crippen molar-refractivity contribution in [3.05, 3.63) is 34.3 Å². The quantitative estimate of drug-likeness (QED) is 0.756. The lowest BCUT2D eigenvalue weighted by Crippen LogP contribution is -2.22. The lowest BCUT2D eigenvalue weighted by molar-refractivity contribution is 0.511. The summed E-state index contributed by atoms with van der Waals surface area (Å²) in [5.41, 5.74) is 6.93.